The van der Waals surface area contributed by atoms with E-state index >= 15 is 0 Å². The molecule has 0 saturated carbocycles. The Morgan fingerprint density at radius 3 is 0.747 bits per heavy atom. The highest BCUT2D eigenvalue weighted by Gasteiger charge is 2.19. The highest BCUT2D eigenvalue weighted by atomic mass is 16.6. The molecule has 6 heteroatoms. The van der Waals surface area contributed by atoms with Gasteiger partial charge in [0, 0.05) is 19.3 Å². The molecule has 75 heavy (non-hydrogen) atoms. The van der Waals surface area contributed by atoms with Crippen molar-refractivity contribution in [2.45, 2.75) is 374 Å². The fourth-order valence-corrected chi connectivity index (χ4v) is 10.1. The van der Waals surface area contributed by atoms with Crippen LogP contribution >= 0.6 is 0 Å². The summed E-state index contributed by atoms with van der Waals surface area (Å²) in [5, 5.41) is 0. The third-order valence-corrected chi connectivity index (χ3v) is 15.1. The van der Waals surface area contributed by atoms with E-state index in [9.17, 15) is 14.4 Å². The van der Waals surface area contributed by atoms with Crippen LogP contribution in [0.2, 0.25) is 0 Å². The van der Waals surface area contributed by atoms with Crippen molar-refractivity contribution in [3.8, 4) is 0 Å². The zero-order valence-corrected chi connectivity index (χ0v) is 50.6. The van der Waals surface area contributed by atoms with Gasteiger partial charge in [-0.2, -0.15) is 0 Å². The molecule has 1 atom stereocenters. The van der Waals surface area contributed by atoms with E-state index in [1.165, 1.54) is 263 Å². The Bertz CT molecular complexity index is 1250. The number of ether oxygens (including phenoxy) is 3. The number of unbranched alkanes of at least 4 members (excludes halogenated alkanes) is 45. The van der Waals surface area contributed by atoms with Gasteiger partial charge in [-0.3, -0.25) is 14.4 Å². The van der Waals surface area contributed by atoms with Crippen LogP contribution in [-0.4, -0.2) is 37.2 Å². The Balaban J connectivity index is 4.10. The van der Waals surface area contributed by atoms with Crippen molar-refractivity contribution in [1.29, 1.82) is 0 Å². The molecule has 0 fully saturated rings. The first-order valence-electron chi connectivity index (χ1n) is 33.5. The molecule has 0 saturated heterocycles. The quantitative estimate of drug-likeness (QED) is 0.0261. The van der Waals surface area contributed by atoms with Crippen LogP contribution in [0.5, 0.6) is 0 Å². The highest BCUT2D eigenvalue weighted by molar-refractivity contribution is 5.71. The van der Waals surface area contributed by atoms with Gasteiger partial charge in [-0.15, -0.1) is 0 Å². The predicted molar refractivity (Wildman–Crippen MR) is 326 cm³/mol. The highest BCUT2D eigenvalue weighted by Crippen LogP contribution is 2.18. The lowest BCUT2D eigenvalue weighted by atomic mass is 10.0. The summed E-state index contributed by atoms with van der Waals surface area (Å²) in [6.07, 6.45) is 78.9. The zero-order chi connectivity index (χ0) is 54.3. The molecule has 0 spiro atoms. The Hall–Kier alpha value is -2.37. The maximum atomic E-state index is 12.9. The maximum Gasteiger partial charge on any atom is 0.306 e. The summed E-state index contributed by atoms with van der Waals surface area (Å²) in [5.74, 6) is -0.849. The van der Waals surface area contributed by atoms with Crippen molar-refractivity contribution in [2.75, 3.05) is 13.2 Å². The molecule has 0 amide bonds. The Morgan fingerprint density at radius 1 is 0.267 bits per heavy atom. The summed E-state index contributed by atoms with van der Waals surface area (Å²) < 4.78 is 16.9. The van der Waals surface area contributed by atoms with Crippen molar-refractivity contribution in [2.24, 2.45) is 0 Å². The molecule has 0 aromatic carbocycles. The van der Waals surface area contributed by atoms with E-state index in [-0.39, 0.29) is 31.1 Å². The molecule has 440 valence electrons. The fourth-order valence-electron chi connectivity index (χ4n) is 10.1. The second-order valence-electron chi connectivity index (χ2n) is 22.7. The van der Waals surface area contributed by atoms with Crippen molar-refractivity contribution in [1.82, 2.24) is 0 Å². The number of esters is 3. The van der Waals surface area contributed by atoms with Crippen LogP contribution in [0.1, 0.15) is 367 Å². The first kappa shape index (κ1) is 72.6. The Kier molecular flexibility index (Phi) is 62.1. The minimum Gasteiger partial charge on any atom is -0.462 e. The summed E-state index contributed by atoms with van der Waals surface area (Å²) in [6.45, 7) is 6.66. The molecule has 0 bridgehead atoms. The van der Waals surface area contributed by atoms with Gasteiger partial charge in [-0.1, -0.05) is 308 Å². The molecule has 0 rings (SSSR count). The average molecular weight is 1050 g/mol. The van der Waals surface area contributed by atoms with E-state index in [0.29, 0.717) is 19.3 Å². The summed E-state index contributed by atoms with van der Waals surface area (Å²) in [7, 11) is 0. The lowest BCUT2D eigenvalue weighted by molar-refractivity contribution is -0.167. The first-order chi connectivity index (χ1) is 37.0. The molecule has 0 aliphatic rings. The van der Waals surface area contributed by atoms with E-state index in [4.69, 9.17) is 14.2 Å². The molecule has 0 heterocycles. The molecular weight excluding hydrogens is 925 g/mol. The number of carbonyl (C=O) groups excluding carboxylic acids is 3. The van der Waals surface area contributed by atoms with Gasteiger partial charge in [-0.05, 0) is 77.0 Å². The van der Waals surface area contributed by atoms with Crippen LogP contribution in [0.15, 0.2) is 36.5 Å². The number of carbonyl (C=O) groups is 3. The van der Waals surface area contributed by atoms with Crippen LogP contribution < -0.4 is 0 Å². The topological polar surface area (TPSA) is 78.9 Å². The molecule has 0 aromatic rings. The van der Waals surface area contributed by atoms with Crippen molar-refractivity contribution >= 4 is 17.9 Å². The minimum absolute atomic E-state index is 0.0678. The van der Waals surface area contributed by atoms with Gasteiger partial charge in [0.2, 0.25) is 0 Å². The molecule has 0 radical (unpaired) electrons. The van der Waals surface area contributed by atoms with E-state index in [1.807, 2.05) is 0 Å². The first-order valence-corrected chi connectivity index (χ1v) is 33.5. The smallest absolute Gasteiger partial charge is 0.306 e. The predicted octanol–water partition coefficient (Wildman–Crippen LogP) is 22.8. The lowest BCUT2D eigenvalue weighted by Gasteiger charge is -2.18. The van der Waals surface area contributed by atoms with Crippen molar-refractivity contribution < 1.29 is 28.6 Å². The average Bonchev–Trinajstić information content (AvgIpc) is 3.41. The summed E-state index contributed by atoms with van der Waals surface area (Å²) in [6, 6.07) is 0. The minimum atomic E-state index is -0.769. The van der Waals surface area contributed by atoms with Crippen LogP contribution in [0.25, 0.3) is 0 Å². The normalized spacial score (nSPS) is 12.2. The van der Waals surface area contributed by atoms with Crippen molar-refractivity contribution in [3.05, 3.63) is 36.5 Å². The van der Waals surface area contributed by atoms with Gasteiger partial charge in [0.15, 0.2) is 6.10 Å². The number of hydrogen-bond donors (Lipinski definition) is 0. The van der Waals surface area contributed by atoms with E-state index in [1.54, 1.807) is 0 Å². The number of hydrogen-bond acceptors (Lipinski definition) is 6. The monoisotopic (exact) mass is 1050 g/mol. The van der Waals surface area contributed by atoms with E-state index in [0.717, 1.165) is 64.2 Å². The third kappa shape index (κ3) is 62.4. The van der Waals surface area contributed by atoms with Gasteiger partial charge in [0.05, 0.1) is 0 Å². The lowest BCUT2D eigenvalue weighted by Crippen LogP contribution is -2.30. The van der Waals surface area contributed by atoms with Crippen LogP contribution in [0.4, 0.5) is 0 Å². The molecule has 0 aliphatic carbocycles. The molecule has 6 nitrogen and oxygen atoms in total. The van der Waals surface area contributed by atoms with Crippen molar-refractivity contribution in [3.63, 3.8) is 0 Å². The van der Waals surface area contributed by atoms with Gasteiger partial charge >= 0.3 is 17.9 Å². The summed E-state index contributed by atoms with van der Waals surface area (Å²) >= 11 is 0. The Labute approximate surface area is 467 Å². The molecule has 0 N–H and O–H groups in total. The third-order valence-electron chi connectivity index (χ3n) is 15.1. The SMILES string of the molecule is CCCCCCC/C=C\C/C=C\CCCCCCCCCCCCCCCCCCCC(=O)OCC(COC(=O)CCCCCCCCCCC)OC(=O)CCCCCCCCCCC/C=C\CCCCCCCC. The Morgan fingerprint density at radius 2 is 0.480 bits per heavy atom. The van der Waals surface area contributed by atoms with Crippen LogP contribution in [-0.2, 0) is 28.6 Å². The second kappa shape index (κ2) is 64.2. The van der Waals surface area contributed by atoms with Gasteiger partial charge in [-0.25, -0.2) is 0 Å². The molecular formula is C69H128O6. The fraction of sp³-hybridized carbons (Fsp3) is 0.870. The van der Waals surface area contributed by atoms with Gasteiger partial charge in [0.25, 0.3) is 0 Å². The second-order valence-corrected chi connectivity index (χ2v) is 22.7. The summed E-state index contributed by atoms with van der Waals surface area (Å²) in [4.78, 5) is 38.2. The zero-order valence-electron chi connectivity index (χ0n) is 50.6. The standard InChI is InChI=1S/C69H128O6/c1-4-7-10-13-16-19-21-23-25-27-29-30-31-32-33-34-35-36-37-38-40-41-43-45-47-50-53-56-59-62-68(71)74-65-66(64-73-67(70)61-58-55-52-49-18-15-12-9-6-3)75-69(72)63-60-57-54-51-48-46-44-42-39-28-26-24-22-20-17-14-11-8-5-2/h21,23-24,26-27,29,66H,4-20,22,25,28,30-65H2,1-3H3/b23-21-,26-24-,29-27-. The van der Waals surface area contributed by atoms with Gasteiger partial charge in [0.1, 0.15) is 13.2 Å². The maximum absolute atomic E-state index is 12.9. The van der Waals surface area contributed by atoms with E-state index < -0.39 is 6.10 Å². The molecule has 0 aromatic heterocycles. The van der Waals surface area contributed by atoms with Crippen LogP contribution in [0, 0.1) is 0 Å². The molecule has 1 unspecified atom stereocenters. The van der Waals surface area contributed by atoms with Gasteiger partial charge < -0.3 is 14.2 Å². The van der Waals surface area contributed by atoms with Crippen LogP contribution in [0.3, 0.4) is 0 Å². The van der Waals surface area contributed by atoms with E-state index in [2.05, 4.69) is 57.2 Å². The summed E-state index contributed by atoms with van der Waals surface area (Å²) in [5.41, 5.74) is 0. The molecule has 0 aliphatic heterocycles. The number of allylic oxidation sites excluding steroid dienone is 6. The largest absolute Gasteiger partial charge is 0.462 e. The number of rotatable bonds is 62.